The lowest BCUT2D eigenvalue weighted by Crippen LogP contribution is -2.50. The Hall–Kier alpha value is -1.73. The van der Waals surface area contributed by atoms with E-state index in [0.717, 1.165) is 54.7 Å². The second-order valence-corrected chi connectivity index (χ2v) is 6.65. The van der Waals surface area contributed by atoms with Crippen molar-refractivity contribution >= 4 is 32.7 Å². The third-order valence-electron chi connectivity index (χ3n) is 4.30. The normalized spacial score (nSPS) is 22.5. The van der Waals surface area contributed by atoms with Gasteiger partial charge in [0.05, 0.1) is 12.5 Å². The maximum atomic E-state index is 12.4. The zero-order valence-corrected chi connectivity index (χ0v) is 13.1. The minimum absolute atomic E-state index is 0.0678. The lowest BCUT2D eigenvalue weighted by atomic mass is 10.1. The summed E-state index contributed by atoms with van der Waals surface area (Å²) in [5.74, 6) is 0.321. The number of anilines is 1. The van der Waals surface area contributed by atoms with Crippen LogP contribution < -0.4 is 4.90 Å². The van der Waals surface area contributed by atoms with Crippen molar-refractivity contribution in [3.63, 3.8) is 0 Å². The smallest absolute Gasteiger partial charge is 0.228 e. The molecule has 6 nitrogen and oxygen atoms in total. The Kier molecular flexibility index (Phi) is 3.67. The van der Waals surface area contributed by atoms with Crippen molar-refractivity contribution in [3.8, 4) is 0 Å². The Morgan fingerprint density at radius 3 is 2.91 bits per heavy atom. The minimum Gasteiger partial charge on any atom is -0.381 e. The summed E-state index contributed by atoms with van der Waals surface area (Å²) in [6.07, 6.45) is 2.66. The van der Waals surface area contributed by atoms with E-state index in [9.17, 15) is 4.79 Å². The number of fused-ring (bicyclic) bond motifs is 1. The van der Waals surface area contributed by atoms with Crippen molar-refractivity contribution in [2.24, 2.45) is 5.92 Å². The summed E-state index contributed by atoms with van der Waals surface area (Å²) in [7, 11) is 0. The molecule has 2 saturated heterocycles. The molecule has 0 N–H and O–H groups in total. The van der Waals surface area contributed by atoms with Gasteiger partial charge in [-0.25, -0.2) is 9.97 Å². The van der Waals surface area contributed by atoms with Crippen molar-refractivity contribution in [3.05, 3.63) is 18.3 Å². The number of rotatable bonds is 2. The van der Waals surface area contributed by atoms with Crippen molar-refractivity contribution in [1.82, 2.24) is 14.9 Å². The number of carbonyl (C=O) groups is 1. The van der Waals surface area contributed by atoms with Gasteiger partial charge in [0.1, 0.15) is 10.3 Å². The zero-order valence-electron chi connectivity index (χ0n) is 12.3. The van der Waals surface area contributed by atoms with Crippen LogP contribution in [0.4, 0.5) is 5.13 Å². The Morgan fingerprint density at radius 1 is 1.32 bits per heavy atom. The number of thiazole rings is 1. The Balaban J connectivity index is 1.41. The molecule has 0 saturated carbocycles. The van der Waals surface area contributed by atoms with Gasteiger partial charge < -0.3 is 14.5 Å². The summed E-state index contributed by atoms with van der Waals surface area (Å²) in [5.41, 5.74) is 0.948. The summed E-state index contributed by atoms with van der Waals surface area (Å²) in [6, 6.07) is 3.90. The van der Waals surface area contributed by atoms with E-state index >= 15 is 0 Å². The standard InChI is InChI=1S/C15H18N4O2S/c20-14(11-3-9-21-10-11)18-5-7-19(8-6-18)15-17-12-2-1-4-16-13(12)22-15/h1-2,4,11H,3,5-10H2. The van der Waals surface area contributed by atoms with Crippen molar-refractivity contribution in [2.45, 2.75) is 6.42 Å². The number of pyridine rings is 1. The second-order valence-electron chi connectivity index (χ2n) is 5.70. The molecule has 1 atom stereocenters. The molecule has 116 valence electrons. The van der Waals surface area contributed by atoms with Gasteiger partial charge in [-0.2, -0.15) is 0 Å². The molecule has 7 heteroatoms. The maximum Gasteiger partial charge on any atom is 0.228 e. The molecule has 2 aliphatic rings. The van der Waals surface area contributed by atoms with Crippen LogP contribution in [0.5, 0.6) is 0 Å². The summed E-state index contributed by atoms with van der Waals surface area (Å²) in [5, 5.41) is 1.00. The molecule has 4 rings (SSSR count). The van der Waals surface area contributed by atoms with Gasteiger partial charge in [-0.15, -0.1) is 0 Å². The van der Waals surface area contributed by atoms with Crippen LogP contribution in [0, 0.1) is 5.92 Å². The maximum absolute atomic E-state index is 12.4. The van der Waals surface area contributed by atoms with Crippen LogP contribution in [0.3, 0.4) is 0 Å². The number of hydrogen-bond acceptors (Lipinski definition) is 6. The molecule has 0 aliphatic carbocycles. The van der Waals surface area contributed by atoms with Crippen LogP contribution in [0.15, 0.2) is 18.3 Å². The van der Waals surface area contributed by atoms with E-state index in [4.69, 9.17) is 4.74 Å². The van der Waals surface area contributed by atoms with Gasteiger partial charge in [0.25, 0.3) is 0 Å². The number of ether oxygens (including phenoxy) is 1. The highest BCUT2D eigenvalue weighted by atomic mass is 32.1. The van der Waals surface area contributed by atoms with E-state index in [1.807, 2.05) is 17.0 Å². The van der Waals surface area contributed by atoms with Gasteiger partial charge >= 0.3 is 0 Å². The van der Waals surface area contributed by atoms with E-state index in [1.165, 1.54) is 0 Å². The summed E-state index contributed by atoms with van der Waals surface area (Å²) in [4.78, 5) is 26.6. The number of carbonyl (C=O) groups excluding carboxylic acids is 1. The van der Waals surface area contributed by atoms with Crippen molar-refractivity contribution in [1.29, 1.82) is 0 Å². The van der Waals surface area contributed by atoms with Gasteiger partial charge in [0, 0.05) is 39.0 Å². The monoisotopic (exact) mass is 318 g/mol. The number of hydrogen-bond donors (Lipinski definition) is 0. The van der Waals surface area contributed by atoms with Crippen molar-refractivity contribution < 1.29 is 9.53 Å². The summed E-state index contributed by atoms with van der Waals surface area (Å²) in [6.45, 7) is 4.49. The molecule has 0 spiro atoms. The molecule has 4 heterocycles. The molecular formula is C15H18N4O2S. The van der Waals surface area contributed by atoms with Gasteiger partial charge in [-0.05, 0) is 18.6 Å². The highest BCUT2D eigenvalue weighted by Crippen LogP contribution is 2.28. The molecule has 0 bridgehead atoms. The predicted molar refractivity (Wildman–Crippen MR) is 85.1 cm³/mol. The molecule has 1 unspecified atom stereocenters. The third kappa shape index (κ3) is 2.55. The highest BCUT2D eigenvalue weighted by Gasteiger charge is 2.30. The first-order chi connectivity index (χ1) is 10.8. The fraction of sp³-hybridized carbons (Fsp3) is 0.533. The first kappa shape index (κ1) is 13.9. The Labute approximate surface area is 132 Å². The summed E-state index contributed by atoms with van der Waals surface area (Å²) >= 11 is 1.62. The second kappa shape index (κ2) is 5.81. The largest absolute Gasteiger partial charge is 0.381 e. The molecule has 0 radical (unpaired) electrons. The number of piperazine rings is 1. The first-order valence-corrected chi connectivity index (χ1v) is 8.46. The van der Waals surface area contributed by atoms with E-state index in [0.29, 0.717) is 6.61 Å². The molecule has 1 amide bonds. The predicted octanol–water partition coefficient (Wildman–Crippen LogP) is 1.38. The topological polar surface area (TPSA) is 58.6 Å². The third-order valence-corrected chi connectivity index (χ3v) is 5.34. The molecule has 22 heavy (non-hydrogen) atoms. The van der Waals surface area contributed by atoms with Crippen LogP contribution in [0.25, 0.3) is 10.3 Å². The number of amides is 1. The Morgan fingerprint density at radius 2 is 2.18 bits per heavy atom. The number of aromatic nitrogens is 2. The molecule has 2 fully saturated rings. The molecule has 2 aromatic rings. The van der Waals surface area contributed by atoms with E-state index in [-0.39, 0.29) is 11.8 Å². The van der Waals surface area contributed by atoms with Gasteiger partial charge in [0.2, 0.25) is 5.91 Å². The number of nitrogens with zero attached hydrogens (tertiary/aromatic N) is 4. The average Bonchev–Trinajstić information content (AvgIpc) is 3.23. The SMILES string of the molecule is O=C(C1CCOC1)N1CCN(c2nc3cccnc3s2)CC1. The van der Waals surface area contributed by atoms with Crippen LogP contribution in [0.2, 0.25) is 0 Å². The van der Waals surface area contributed by atoms with E-state index in [1.54, 1.807) is 17.5 Å². The lowest BCUT2D eigenvalue weighted by Gasteiger charge is -2.35. The van der Waals surface area contributed by atoms with Crippen LogP contribution in [-0.2, 0) is 9.53 Å². The van der Waals surface area contributed by atoms with Crippen LogP contribution in [0.1, 0.15) is 6.42 Å². The zero-order chi connectivity index (χ0) is 14.9. The van der Waals surface area contributed by atoms with E-state index < -0.39 is 0 Å². The quantitative estimate of drug-likeness (QED) is 0.837. The fourth-order valence-electron chi connectivity index (χ4n) is 3.00. The lowest BCUT2D eigenvalue weighted by molar-refractivity contribution is -0.135. The van der Waals surface area contributed by atoms with Gasteiger partial charge in [0.15, 0.2) is 5.13 Å². The van der Waals surface area contributed by atoms with Gasteiger partial charge in [-0.3, -0.25) is 4.79 Å². The highest BCUT2D eigenvalue weighted by molar-refractivity contribution is 7.21. The Bertz CT molecular complexity index is 642. The van der Waals surface area contributed by atoms with Crippen LogP contribution in [-0.4, -0.2) is 60.2 Å². The average molecular weight is 318 g/mol. The molecular weight excluding hydrogens is 300 g/mol. The first-order valence-electron chi connectivity index (χ1n) is 7.64. The molecule has 2 aromatic heterocycles. The minimum atomic E-state index is 0.0678. The molecule has 0 aromatic carbocycles. The van der Waals surface area contributed by atoms with Crippen LogP contribution >= 0.6 is 11.3 Å². The van der Waals surface area contributed by atoms with Crippen molar-refractivity contribution in [2.75, 3.05) is 44.3 Å². The summed E-state index contributed by atoms with van der Waals surface area (Å²) < 4.78 is 5.32. The fourth-order valence-corrected chi connectivity index (χ4v) is 3.96. The van der Waals surface area contributed by atoms with E-state index in [2.05, 4.69) is 14.9 Å². The van der Waals surface area contributed by atoms with Gasteiger partial charge in [-0.1, -0.05) is 11.3 Å². The molecule has 2 aliphatic heterocycles.